The molecule has 1 saturated heterocycles. The fourth-order valence-corrected chi connectivity index (χ4v) is 3.40. The van der Waals surface area contributed by atoms with Crippen LogP contribution >= 0.6 is 24.0 Å². The molecule has 0 spiro atoms. The Balaban J connectivity index is 0.00000341. The Labute approximate surface area is 200 Å². The SMILES string of the molecule is CCNC(=NCc1ccnc(OC)c1)NCC(c1ccc(F)cc1)N1CCOCC1.I. The van der Waals surface area contributed by atoms with Crippen molar-refractivity contribution in [2.24, 2.45) is 4.99 Å². The van der Waals surface area contributed by atoms with Gasteiger partial charge in [0.2, 0.25) is 5.88 Å². The summed E-state index contributed by atoms with van der Waals surface area (Å²) in [4.78, 5) is 11.2. The fourth-order valence-electron chi connectivity index (χ4n) is 3.40. The number of methoxy groups -OCH3 is 1. The van der Waals surface area contributed by atoms with Crippen LogP contribution in [0.3, 0.4) is 0 Å². The van der Waals surface area contributed by atoms with E-state index in [2.05, 4.69) is 20.5 Å². The summed E-state index contributed by atoms with van der Waals surface area (Å²) in [5, 5.41) is 6.73. The molecule has 0 radical (unpaired) electrons. The molecule has 1 unspecified atom stereocenters. The molecule has 0 bridgehead atoms. The number of hydrogen-bond acceptors (Lipinski definition) is 5. The Hall–Kier alpha value is -1.98. The molecule has 2 N–H and O–H groups in total. The van der Waals surface area contributed by atoms with Crippen molar-refractivity contribution in [1.29, 1.82) is 0 Å². The summed E-state index contributed by atoms with van der Waals surface area (Å²) in [7, 11) is 1.60. The van der Waals surface area contributed by atoms with Crippen molar-refractivity contribution < 1.29 is 13.9 Å². The van der Waals surface area contributed by atoms with E-state index in [1.54, 1.807) is 13.3 Å². The smallest absolute Gasteiger partial charge is 0.213 e. The first-order valence-electron chi connectivity index (χ1n) is 10.3. The molecule has 0 saturated carbocycles. The number of hydrogen-bond donors (Lipinski definition) is 2. The van der Waals surface area contributed by atoms with Gasteiger partial charge in [0, 0.05) is 38.4 Å². The average molecular weight is 543 g/mol. The second-order valence-corrected chi connectivity index (χ2v) is 7.00. The Bertz CT molecular complexity index is 816. The molecule has 2 aromatic rings. The molecule has 1 aromatic carbocycles. The highest BCUT2D eigenvalue weighted by Crippen LogP contribution is 2.21. The third kappa shape index (κ3) is 7.89. The largest absolute Gasteiger partial charge is 0.481 e. The van der Waals surface area contributed by atoms with E-state index in [0.29, 0.717) is 32.2 Å². The Morgan fingerprint density at radius 2 is 1.97 bits per heavy atom. The molecule has 9 heteroatoms. The van der Waals surface area contributed by atoms with Gasteiger partial charge in [-0.25, -0.2) is 14.4 Å². The number of aliphatic imine (C=N–C) groups is 1. The lowest BCUT2D eigenvalue weighted by Gasteiger charge is -2.35. The molecule has 3 rings (SSSR count). The summed E-state index contributed by atoms with van der Waals surface area (Å²) in [5.41, 5.74) is 2.09. The van der Waals surface area contributed by atoms with E-state index in [-0.39, 0.29) is 35.8 Å². The second kappa shape index (κ2) is 13.4. The lowest BCUT2D eigenvalue weighted by Crippen LogP contribution is -2.46. The third-order valence-corrected chi connectivity index (χ3v) is 4.98. The van der Waals surface area contributed by atoms with Gasteiger partial charge in [-0.2, -0.15) is 0 Å². The van der Waals surface area contributed by atoms with E-state index >= 15 is 0 Å². The summed E-state index contributed by atoms with van der Waals surface area (Å²) in [6, 6.07) is 10.6. The first-order valence-corrected chi connectivity index (χ1v) is 10.3. The van der Waals surface area contributed by atoms with Gasteiger partial charge in [0.1, 0.15) is 5.82 Å². The number of nitrogens with one attached hydrogen (secondary N) is 2. The van der Waals surface area contributed by atoms with Crippen LogP contribution in [0.25, 0.3) is 0 Å². The van der Waals surface area contributed by atoms with Gasteiger partial charge in [-0.1, -0.05) is 12.1 Å². The molecular formula is C22H31FIN5O2. The van der Waals surface area contributed by atoms with E-state index in [1.165, 1.54) is 12.1 Å². The van der Waals surface area contributed by atoms with E-state index in [1.807, 2.05) is 31.2 Å². The zero-order chi connectivity index (χ0) is 21.2. The quantitative estimate of drug-likeness (QED) is 0.303. The summed E-state index contributed by atoms with van der Waals surface area (Å²) in [5.74, 6) is 1.08. The van der Waals surface area contributed by atoms with Gasteiger partial charge in [-0.15, -0.1) is 24.0 Å². The van der Waals surface area contributed by atoms with Crippen molar-refractivity contribution in [3.8, 4) is 5.88 Å². The molecule has 170 valence electrons. The van der Waals surface area contributed by atoms with E-state index in [4.69, 9.17) is 14.5 Å². The number of guanidine groups is 1. The summed E-state index contributed by atoms with van der Waals surface area (Å²) in [6.07, 6.45) is 1.72. The van der Waals surface area contributed by atoms with Crippen LogP contribution in [-0.2, 0) is 11.3 Å². The lowest BCUT2D eigenvalue weighted by molar-refractivity contribution is 0.0170. The first-order chi connectivity index (χ1) is 14.7. The fraction of sp³-hybridized carbons (Fsp3) is 0.455. The number of aromatic nitrogens is 1. The molecule has 2 heterocycles. The Morgan fingerprint density at radius 1 is 1.23 bits per heavy atom. The molecule has 31 heavy (non-hydrogen) atoms. The van der Waals surface area contributed by atoms with Crippen molar-refractivity contribution in [2.45, 2.75) is 19.5 Å². The van der Waals surface area contributed by atoms with Crippen LogP contribution in [0.15, 0.2) is 47.6 Å². The number of nitrogens with zero attached hydrogens (tertiary/aromatic N) is 3. The van der Waals surface area contributed by atoms with Gasteiger partial charge in [0.05, 0.1) is 32.9 Å². The predicted molar refractivity (Wildman–Crippen MR) is 131 cm³/mol. The van der Waals surface area contributed by atoms with E-state index in [9.17, 15) is 4.39 Å². The van der Waals surface area contributed by atoms with Crippen LogP contribution in [0.2, 0.25) is 0 Å². The van der Waals surface area contributed by atoms with Crippen molar-refractivity contribution in [3.05, 3.63) is 59.5 Å². The van der Waals surface area contributed by atoms with Crippen LogP contribution in [0.5, 0.6) is 5.88 Å². The average Bonchev–Trinajstić information content (AvgIpc) is 2.79. The molecule has 1 aliphatic rings. The van der Waals surface area contributed by atoms with Gasteiger partial charge in [-0.05, 0) is 36.2 Å². The highest BCUT2D eigenvalue weighted by atomic mass is 127. The maximum Gasteiger partial charge on any atom is 0.213 e. The highest BCUT2D eigenvalue weighted by molar-refractivity contribution is 14.0. The van der Waals surface area contributed by atoms with Gasteiger partial charge < -0.3 is 20.1 Å². The number of halogens is 2. The number of ether oxygens (including phenoxy) is 2. The van der Waals surface area contributed by atoms with Crippen LogP contribution in [-0.4, -0.2) is 62.3 Å². The molecule has 1 aromatic heterocycles. The number of morpholine rings is 1. The van der Waals surface area contributed by atoms with E-state index < -0.39 is 0 Å². The minimum Gasteiger partial charge on any atom is -0.481 e. The van der Waals surface area contributed by atoms with Crippen LogP contribution in [0.4, 0.5) is 4.39 Å². The van der Waals surface area contributed by atoms with Crippen molar-refractivity contribution in [3.63, 3.8) is 0 Å². The molecular weight excluding hydrogens is 512 g/mol. The van der Waals surface area contributed by atoms with Crippen LogP contribution in [0.1, 0.15) is 24.1 Å². The zero-order valence-corrected chi connectivity index (χ0v) is 20.3. The number of benzene rings is 1. The van der Waals surface area contributed by atoms with Gasteiger partial charge >= 0.3 is 0 Å². The minimum atomic E-state index is -0.227. The van der Waals surface area contributed by atoms with E-state index in [0.717, 1.165) is 36.7 Å². The highest BCUT2D eigenvalue weighted by Gasteiger charge is 2.23. The number of rotatable bonds is 8. The predicted octanol–water partition coefficient (Wildman–Crippen LogP) is 2.98. The molecule has 1 atom stereocenters. The summed E-state index contributed by atoms with van der Waals surface area (Å²) < 4.78 is 24.1. The van der Waals surface area contributed by atoms with Gasteiger partial charge in [0.25, 0.3) is 0 Å². The van der Waals surface area contributed by atoms with Crippen molar-refractivity contribution >= 4 is 29.9 Å². The van der Waals surface area contributed by atoms with Crippen LogP contribution < -0.4 is 15.4 Å². The Morgan fingerprint density at radius 3 is 2.65 bits per heavy atom. The molecule has 1 fully saturated rings. The van der Waals surface area contributed by atoms with Gasteiger partial charge in [-0.3, -0.25) is 4.90 Å². The van der Waals surface area contributed by atoms with Crippen molar-refractivity contribution in [2.75, 3.05) is 46.5 Å². The zero-order valence-electron chi connectivity index (χ0n) is 18.0. The molecule has 0 amide bonds. The monoisotopic (exact) mass is 543 g/mol. The normalized spacial score (nSPS) is 15.6. The summed E-state index contributed by atoms with van der Waals surface area (Å²) in [6.45, 7) is 7.04. The maximum absolute atomic E-state index is 13.4. The molecule has 7 nitrogen and oxygen atoms in total. The third-order valence-electron chi connectivity index (χ3n) is 4.98. The lowest BCUT2D eigenvalue weighted by atomic mass is 10.0. The first kappa shape index (κ1) is 25.3. The molecule has 1 aliphatic heterocycles. The maximum atomic E-state index is 13.4. The minimum absolute atomic E-state index is 0. The second-order valence-electron chi connectivity index (χ2n) is 7.00. The van der Waals surface area contributed by atoms with Gasteiger partial charge in [0.15, 0.2) is 5.96 Å². The standard InChI is InChI=1S/C22H30FN5O2.HI/c1-3-24-22(26-15-17-8-9-25-21(14-17)29-2)27-16-20(28-10-12-30-13-11-28)18-4-6-19(23)7-5-18;/h4-9,14,20H,3,10-13,15-16H2,1-2H3,(H2,24,26,27);1H. The molecule has 0 aliphatic carbocycles. The Kier molecular flexibility index (Phi) is 11.0. The summed E-state index contributed by atoms with van der Waals surface area (Å²) >= 11 is 0. The van der Waals surface area contributed by atoms with Crippen molar-refractivity contribution in [1.82, 2.24) is 20.5 Å². The van der Waals surface area contributed by atoms with Crippen LogP contribution in [0, 0.1) is 5.82 Å². The topological polar surface area (TPSA) is 71.0 Å². The number of pyridine rings is 1.